The van der Waals surface area contributed by atoms with E-state index in [0.29, 0.717) is 28.2 Å². The Bertz CT molecular complexity index is 1120. The van der Waals surface area contributed by atoms with E-state index in [-0.39, 0.29) is 36.6 Å². The van der Waals surface area contributed by atoms with Gasteiger partial charge in [-0.15, -0.1) is 0 Å². The molecule has 2 heterocycles. The van der Waals surface area contributed by atoms with Gasteiger partial charge in [0.15, 0.2) is 0 Å². The van der Waals surface area contributed by atoms with E-state index >= 15 is 0 Å². The van der Waals surface area contributed by atoms with Crippen molar-refractivity contribution in [1.82, 2.24) is 15.3 Å². The molecule has 1 aliphatic heterocycles. The summed E-state index contributed by atoms with van der Waals surface area (Å²) >= 11 is 5.99. The summed E-state index contributed by atoms with van der Waals surface area (Å²) in [6.07, 6.45) is 0.501. The molecule has 0 aliphatic carbocycles. The monoisotopic (exact) mass is 400 g/mol. The molecule has 0 fully saturated rings. The fourth-order valence-corrected chi connectivity index (χ4v) is 3.35. The number of amides is 2. The number of hydrogen-bond donors (Lipinski definition) is 4. The minimum Gasteiger partial charge on any atom is -0.492 e. The van der Waals surface area contributed by atoms with Crippen LogP contribution in [0.1, 0.15) is 5.56 Å². The lowest BCUT2D eigenvalue weighted by Crippen LogP contribution is -2.40. The molecule has 9 heteroatoms. The normalized spacial score (nSPS) is 15.5. The Labute approximate surface area is 164 Å². The predicted molar refractivity (Wildman–Crippen MR) is 105 cm³/mol. The van der Waals surface area contributed by atoms with Gasteiger partial charge < -0.3 is 25.3 Å². The summed E-state index contributed by atoms with van der Waals surface area (Å²) in [5.41, 5.74) is 2.31. The minimum absolute atomic E-state index is 0.167. The van der Waals surface area contributed by atoms with Crippen LogP contribution in [0.3, 0.4) is 0 Å². The maximum atomic E-state index is 12.4. The van der Waals surface area contributed by atoms with Crippen molar-refractivity contribution in [3.05, 3.63) is 57.5 Å². The fraction of sp³-hybridized carbons (Fsp3) is 0.211. The number of aromatic amines is 2. The summed E-state index contributed by atoms with van der Waals surface area (Å²) in [7, 11) is 0. The standard InChI is InChI=1S/C19H17ClN4O4/c20-12-1-4-16-10(6-12)5-11(9-28-16)18(26)21-8-17(25)22-13-2-3-14-15(7-13)24-19(27)23-14/h1-4,6-7,11H,5,8-9H2,(H,21,26)(H,22,25)(H2,23,24,27)/t11-/m0/s1. The van der Waals surface area contributed by atoms with E-state index in [0.717, 1.165) is 11.3 Å². The first-order chi connectivity index (χ1) is 13.5. The summed E-state index contributed by atoms with van der Waals surface area (Å²) in [6.45, 7) is 0.0824. The number of fused-ring (bicyclic) bond motifs is 2. The molecule has 144 valence electrons. The molecule has 4 N–H and O–H groups in total. The molecule has 0 radical (unpaired) electrons. The molecule has 0 spiro atoms. The quantitative estimate of drug-likeness (QED) is 0.534. The zero-order chi connectivity index (χ0) is 19.7. The van der Waals surface area contributed by atoms with Crippen molar-refractivity contribution in [2.75, 3.05) is 18.5 Å². The lowest BCUT2D eigenvalue weighted by atomic mass is 9.96. The van der Waals surface area contributed by atoms with Crippen LogP contribution in [0.5, 0.6) is 5.75 Å². The van der Waals surface area contributed by atoms with Crippen LogP contribution in [-0.2, 0) is 16.0 Å². The number of carbonyl (C=O) groups excluding carboxylic acids is 2. The molecule has 2 amide bonds. The van der Waals surface area contributed by atoms with Gasteiger partial charge in [0, 0.05) is 10.7 Å². The molecule has 1 aliphatic rings. The Hall–Kier alpha value is -3.26. The molecule has 1 aromatic heterocycles. The van der Waals surface area contributed by atoms with Gasteiger partial charge in [0.1, 0.15) is 12.4 Å². The fourth-order valence-electron chi connectivity index (χ4n) is 3.16. The molecule has 4 rings (SSSR count). The number of anilines is 1. The van der Waals surface area contributed by atoms with Crippen LogP contribution in [0.2, 0.25) is 5.02 Å². The van der Waals surface area contributed by atoms with Crippen LogP contribution in [0.25, 0.3) is 11.0 Å². The smallest absolute Gasteiger partial charge is 0.323 e. The number of halogens is 1. The highest BCUT2D eigenvalue weighted by molar-refractivity contribution is 6.30. The third-order valence-corrected chi connectivity index (χ3v) is 4.76. The molecular weight excluding hydrogens is 384 g/mol. The summed E-state index contributed by atoms with van der Waals surface area (Å²) in [5, 5.41) is 5.90. The number of aromatic nitrogens is 2. The van der Waals surface area contributed by atoms with Gasteiger partial charge in [0.05, 0.1) is 23.5 Å². The molecule has 0 bridgehead atoms. The predicted octanol–water partition coefficient (Wildman–Crippen LogP) is 1.82. The number of rotatable bonds is 4. The number of ether oxygens (including phenoxy) is 1. The number of carbonyl (C=O) groups is 2. The molecule has 2 aromatic carbocycles. The van der Waals surface area contributed by atoms with E-state index in [1.54, 1.807) is 36.4 Å². The summed E-state index contributed by atoms with van der Waals surface area (Å²) in [5.74, 6) is -0.290. The number of benzene rings is 2. The highest BCUT2D eigenvalue weighted by Crippen LogP contribution is 2.29. The second-order valence-corrected chi connectivity index (χ2v) is 7.01. The number of nitrogens with one attached hydrogen (secondary N) is 4. The minimum atomic E-state index is -0.389. The van der Waals surface area contributed by atoms with Gasteiger partial charge in [-0.3, -0.25) is 9.59 Å². The number of imidazole rings is 1. The summed E-state index contributed by atoms with van der Waals surface area (Å²) < 4.78 is 5.61. The largest absolute Gasteiger partial charge is 0.492 e. The van der Waals surface area contributed by atoms with E-state index in [4.69, 9.17) is 16.3 Å². The van der Waals surface area contributed by atoms with Crippen molar-refractivity contribution in [2.45, 2.75) is 6.42 Å². The van der Waals surface area contributed by atoms with E-state index < -0.39 is 0 Å². The lowest BCUT2D eigenvalue weighted by Gasteiger charge is -2.24. The third kappa shape index (κ3) is 3.86. The van der Waals surface area contributed by atoms with Crippen LogP contribution in [0.15, 0.2) is 41.2 Å². The molecule has 0 unspecified atom stereocenters. The SMILES string of the molecule is O=C(CNC(=O)[C@@H]1COc2ccc(Cl)cc2C1)Nc1ccc2[nH]c(=O)[nH]c2c1. The molecule has 28 heavy (non-hydrogen) atoms. The Balaban J connectivity index is 1.32. The molecule has 0 saturated carbocycles. The van der Waals surface area contributed by atoms with Crippen molar-refractivity contribution in [3.63, 3.8) is 0 Å². The second kappa shape index (κ2) is 7.40. The zero-order valence-electron chi connectivity index (χ0n) is 14.7. The summed E-state index contributed by atoms with van der Waals surface area (Å²) in [6, 6.07) is 10.3. The topological polar surface area (TPSA) is 116 Å². The van der Waals surface area contributed by atoms with Crippen LogP contribution in [0.4, 0.5) is 5.69 Å². The Morgan fingerprint density at radius 1 is 1.14 bits per heavy atom. The van der Waals surface area contributed by atoms with Crippen molar-refractivity contribution >= 4 is 40.1 Å². The van der Waals surface area contributed by atoms with Crippen LogP contribution < -0.4 is 21.1 Å². The molecular formula is C19H17ClN4O4. The first-order valence-corrected chi connectivity index (χ1v) is 9.06. The average molecular weight is 401 g/mol. The van der Waals surface area contributed by atoms with Gasteiger partial charge in [0.25, 0.3) is 0 Å². The molecule has 3 aromatic rings. The maximum Gasteiger partial charge on any atom is 0.323 e. The van der Waals surface area contributed by atoms with Crippen LogP contribution in [0, 0.1) is 5.92 Å². The van der Waals surface area contributed by atoms with E-state index in [9.17, 15) is 14.4 Å². The number of H-pyrrole nitrogens is 2. The van der Waals surface area contributed by atoms with Gasteiger partial charge >= 0.3 is 5.69 Å². The van der Waals surface area contributed by atoms with Gasteiger partial charge in [-0.2, -0.15) is 0 Å². The average Bonchev–Trinajstić information content (AvgIpc) is 3.04. The van der Waals surface area contributed by atoms with Gasteiger partial charge in [-0.25, -0.2) is 4.79 Å². The Kier molecular flexibility index (Phi) is 4.79. The van der Waals surface area contributed by atoms with E-state index in [1.165, 1.54) is 0 Å². The van der Waals surface area contributed by atoms with Crippen LogP contribution >= 0.6 is 11.6 Å². The first kappa shape index (κ1) is 18.1. The highest BCUT2D eigenvalue weighted by Gasteiger charge is 2.26. The van der Waals surface area contributed by atoms with Crippen molar-refractivity contribution in [2.24, 2.45) is 5.92 Å². The first-order valence-electron chi connectivity index (χ1n) is 8.69. The van der Waals surface area contributed by atoms with Crippen molar-refractivity contribution in [3.8, 4) is 5.75 Å². The van der Waals surface area contributed by atoms with Crippen molar-refractivity contribution < 1.29 is 14.3 Å². The van der Waals surface area contributed by atoms with Crippen LogP contribution in [-0.4, -0.2) is 34.9 Å². The molecule has 1 atom stereocenters. The lowest BCUT2D eigenvalue weighted by molar-refractivity contribution is -0.128. The maximum absolute atomic E-state index is 12.4. The van der Waals surface area contributed by atoms with Crippen molar-refractivity contribution in [1.29, 1.82) is 0 Å². The Morgan fingerprint density at radius 3 is 2.82 bits per heavy atom. The summed E-state index contributed by atoms with van der Waals surface area (Å²) in [4.78, 5) is 41.0. The molecule has 8 nitrogen and oxygen atoms in total. The van der Waals surface area contributed by atoms with Gasteiger partial charge in [-0.1, -0.05) is 11.6 Å². The number of hydrogen-bond acceptors (Lipinski definition) is 4. The van der Waals surface area contributed by atoms with Gasteiger partial charge in [-0.05, 0) is 48.4 Å². The highest BCUT2D eigenvalue weighted by atomic mass is 35.5. The Morgan fingerprint density at radius 2 is 1.96 bits per heavy atom. The van der Waals surface area contributed by atoms with E-state index in [2.05, 4.69) is 20.6 Å². The van der Waals surface area contributed by atoms with E-state index in [1.807, 2.05) is 0 Å². The zero-order valence-corrected chi connectivity index (χ0v) is 15.4. The molecule has 0 saturated heterocycles. The third-order valence-electron chi connectivity index (χ3n) is 4.52. The van der Waals surface area contributed by atoms with Gasteiger partial charge in [0.2, 0.25) is 11.8 Å². The second-order valence-electron chi connectivity index (χ2n) is 6.57.